The molecule has 1 rings (SSSR count). The number of hydrogen-bond acceptors (Lipinski definition) is 3. The third kappa shape index (κ3) is 6.66. The van der Waals surface area contributed by atoms with Crippen LogP contribution < -0.4 is 5.73 Å². The van der Waals surface area contributed by atoms with Crippen LogP contribution >= 0.6 is 0 Å². The molecule has 3 N–H and O–H groups in total. The second-order valence-electron chi connectivity index (χ2n) is 3.50. The Kier molecular flexibility index (Phi) is 8.92. The largest absolute Gasteiger partial charge is 0.381 e. The quantitative estimate of drug-likeness (QED) is 0.735. The smallest absolute Gasteiger partial charge is 0.0647 e. The van der Waals surface area contributed by atoms with E-state index >= 15 is 0 Å². The van der Waals surface area contributed by atoms with E-state index in [0.29, 0.717) is 12.3 Å². The summed E-state index contributed by atoms with van der Waals surface area (Å²) in [6.45, 7) is 7.11. The zero-order chi connectivity index (χ0) is 13.1. The molecule has 0 amide bonds. The van der Waals surface area contributed by atoms with Crippen LogP contribution in [-0.4, -0.2) is 26.0 Å². The van der Waals surface area contributed by atoms with E-state index in [9.17, 15) is 0 Å². The summed E-state index contributed by atoms with van der Waals surface area (Å²) >= 11 is 0. The van der Waals surface area contributed by atoms with Gasteiger partial charge < -0.3 is 15.9 Å². The van der Waals surface area contributed by atoms with Crippen molar-refractivity contribution < 1.29 is 4.74 Å². The summed E-state index contributed by atoms with van der Waals surface area (Å²) in [6.07, 6.45) is 10.3. The second-order valence-corrected chi connectivity index (χ2v) is 3.50. The molecule has 0 aromatic carbocycles. The summed E-state index contributed by atoms with van der Waals surface area (Å²) in [4.78, 5) is 0. The SMILES string of the molecule is C=C1CC=CC=C1C(=N)/C=C/COC.CCN. The highest BCUT2D eigenvalue weighted by molar-refractivity contribution is 6.09. The fraction of sp³-hybridized carbons (Fsp3) is 0.357. The number of hydrogen-bond donors (Lipinski definition) is 2. The molecule has 0 fully saturated rings. The Labute approximate surface area is 104 Å². The third-order valence-corrected chi connectivity index (χ3v) is 1.98. The van der Waals surface area contributed by atoms with Crippen molar-refractivity contribution in [2.75, 3.05) is 20.3 Å². The van der Waals surface area contributed by atoms with Gasteiger partial charge in [0.25, 0.3) is 0 Å². The molecule has 0 saturated carbocycles. The average molecular weight is 234 g/mol. The summed E-state index contributed by atoms with van der Waals surface area (Å²) in [5, 5.41) is 7.79. The van der Waals surface area contributed by atoms with Crippen LogP contribution in [0.5, 0.6) is 0 Å². The molecule has 1 aliphatic rings. The van der Waals surface area contributed by atoms with Crippen molar-refractivity contribution in [1.29, 1.82) is 5.41 Å². The van der Waals surface area contributed by atoms with E-state index < -0.39 is 0 Å². The molecular formula is C14H22N2O. The molecule has 0 aromatic heterocycles. The molecule has 0 aliphatic heterocycles. The fourth-order valence-corrected chi connectivity index (χ4v) is 1.23. The number of nitrogens with two attached hydrogens (primary N) is 1. The molecule has 0 bridgehead atoms. The van der Waals surface area contributed by atoms with Crippen molar-refractivity contribution in [1.82, 2.24) is 0 Å². The van der Waals surface area contributed by atoms with E-state index in [2.05, 4.69) is 6.58 Å². The Morgan fingerprint density at radius 2 is 2.29 bits per heavy atom. The van der Waals surface area contributed by atoms with Crippen LogP contribution in [0.1, 0.15) is 13.3 Å². The van der Waals surface area contributed by atoms with Crippen LogP contribution in [0.15, 0.2) is 48.1 Å². The van der Waals surface area contributed by atoms with Crippen LogP contribution in [-0.2, 0) is 4.74 Å². The maximum Gasteiger partial charge on any atom is 0.0647 e. The van der Waals surface area contributed by atoms with E-state index in [1.54, 1.807) is 13.2 Å². The molecule has 0 aromatic rings. The van der Waals surface area contributed by atoms with Crippen LogP contribution in [0.3, 0.4) is 0 Å². The first-order valence-corrected chi connectivity index (χ1v) is 5.66. The van der Waals surface area contributed by atoms with E-state index in [4.69, 9.17) is 15.9 Å². The van der Waals surface area contributed by atoms with Crippen molar-refractivity contribution in [3.05, 3.63) is 48.1 Å². The minimum atomic E-state index is 0.497. The number of methoxy groups -OCH3 is 1. The highest BCUT2D eigenvalue weighted by Crippen LogP contribution is 2.18. The van der Waals surface area contributed by atoms with Gasteiger partial charge in [-0.3, -0.25) is 0 Å². The lowest BCUT2D eigenvalue weighted by Crippen LogP contribution is -2.02. The van der Waals surface area contributed by atoms with Crippen molar-refractivity contribution in [3.8, 4) is 0 Å². The molecular weight excluding hydrogens is 212 g/mol. The summed E-state index contributed by atoms with van der Waals surface area (Å²) in [7, 11) is 1.63. The normalized spacial score (nSPS) is 14.3. The molecule has 3 heteroatoms. The molecule has 0 radical (unpaired) electrons. The van der Waals surface area contributed by atoms with E-state index in [0.717, 1.165) is 24.1 Å². The molecule has 0 unspecified atom stereocenters. The van der Waals surface area contributed by atoms with Crippen molar-refractivity contribution in [3.63, 3.8) is 0 Å². The van der Waals surface area contributed by atoms with E-state index in [1.165, 1.54) is 0 Å². The monoisotopic (exact) mass is 234 g/mol. The maximum atomic E-state index is 7.79. The van der Waals surface area contributed by atoms with Gasteiger partial charge in [0, 0.05) is 12.7 Å². The molecule has 94 valence electrons. The zero-order valence-corrected chi connectivity index (χ0v) is 10.7. The Morgan fingerprint density at radius 1 is 1.65 bits per heavy atom. The molecule has 3 nitrogen and oxygen atoms in total. The number of nitrogens with one attached hydrogen (secondary N) is 1. The number of allylic oxidation sites excluding steroid dienone is 6. The highest BCUT2D eigenvalue weighted by Gasteiger charge is 2.07. The Hall–Kier alpha value is -1.45. The fourth-order valence-electron chi connectivity index (χ4n) is 1.23. The Bertz CT molecular complexity index is 338. The van der Waals surface area contributed by atoms with Crippen LogP contribution in [0.2, 0.25) is 0 Å². The number of rotatable bonds is 4. The molecule has 0 saturated heterocycles. The predicted molar refractivity (Wildman–Crippen MR) is 74.5 cm³/mol. The van der Waals surface area contributed by atoms with Gasteiger partial charge in [0.05, 0.1) is 12.3 Å². The predicted octanol–water partition coefficient (Wildman–Crippen LogP) is 2.62. The minimum Gasteiger partial charge on any atom is -0.381 e. The standard InChI is InChI=1S/C12H15NO.C2H7N/c1-10-6-3-4-7-11(10)12(13)8-5-9-14-2;1-2-3/h3-5,7-8,13H,1,6,9H2,2H3;2-3H2,1H3/b8-5+,13-12?;. The first-order chi connectivity index (χ1) is 8.17. The Balaban J connectivity index is 0.000000770. The van der Waals surface area contributed by atoms with Crippen molar-refractivity contribution in [2.24, 2.45) is 5.73 Å². The third-order valence-electron chi connectivity index (χ3n) is 1.98. The van der Waals surface area contributed by atoms with Crippen molar-refractivity contribution >= 4 is 5.71 Å². The highest BCUT2D eigenvalue weighted by atomic mass is 16.5. The van der Waals surface area contributed by atoms with Gasteiger partial charge in [-0.25, -0.2) is 0 Å². The summed E-state index contributed by atoms with van der Waals surface area (Å²) in [5.41, 5.74) is 7.26. The van der Waals surface area contributed by atoms with Gasteiger partial charge in [-0.2, -0.15) is 0 Å². The average Bonchev–Trinajstić information content (AvgIpc) is 2.31. The van der Waals surface area contributed by atoms with Gasteiger partial charge in [0.15, 0.2) is 0 Å². The van der Waals surface area contributed by atoms with Crippen LogP contribution in [0.25, 0.3) is 0 Å². The first-order valence-electron chi connectivity index (χ1n) is 5.66. The van der Waals surface area contributed by atoms with Crippen LogP contribution in [0.4, 0.5) is 0 Å². The summed E-state index contributed by atoms with van der Waals surface area (Å²) in [6, 6.07) is 0. The van der Waals surface area contributed by atoms with Gasteiger partial charge in [0.1, 0.15) is 0 Å². The van der Waals surface area contributed by atoms with Gasteiger partial charge in [-0.1, -0.05) is 37.8 Å². The minimum absolute atomic E-state index is 0.497. The van der Waals surface area contributed by atoms with Gasteiger partial charge in [0.2, 0.25) is 0 Å². The Morgan fingerprint density at radius 3 is 2.82 bits per heavy atom. The lowest BCUT2D eigenvalue weighted by Gasteiger charge is -2.10. The molecule has 17 heavy (non-hydrogen) atoms. The summed E-state index contributed by atoms with van der Waals surface area (Å²) in [5.74, 6) is 0. The second kappa shape index (κ2) is 9.75. The lowest BCUT2D eigenvalue weighted by atomic mass is 9.95. The molecule has 1 aliphatic carbocycles. The number of ether oxygens (including phenoxy) is 1. The van der Waals surface area contributed by atoms with Gasteiger partial charge in [-0.05, 0) is 24.6 Å². The topological polar surface area (TPSA) is 59.1 Å². The first kappa shape index (κ1) is 15.6. The summed E-state index contributed by atoms with van der Waals surface area (Å²) < 4.78 is 4.87. The van der Waals surface area contributed by atoms with Gasteiger partial charge >= 0.3 is 0 Å². The molecule has 0 spiro atoms. The van der Waals surface area contributed by atoms with Crippen LogP contribution in [0, 0.1) is 5.41 Å². The maximum absolute atomic E-state index is 7.79. The van der Waals surface area contributed by atoms with E-state index in [-0.39, 0.29) is 0 Å². The zero-order valence-electron chi connectivity index (χ0n) is 10.7. The van der Waals surface area contributed by atoms with Crippen molar-refractivity contribution in [2.45, 2.75) is 13.3 Å². The molecule has 0 atom stereocenters. The van der Waals surface area contributed by atoms with E-state index in [1.807, 2.05) is 31.2 Å². The lowest BCUT2D eigenvalue weighted by molar-refractivity contribution is 0.234. The molecule has 0 heterocycles. The van der Waals surface area contributed by atoms with Gasteiger partial charge in [-0.15, -0.1) is 0 Å².